The monoisotopic (exact) mass is 259 g/mol. The highest BCUT2D eigenvalue weighted by Crippen LogP contribution is 2.06. The molecule has 2 aromatic rings. The molecular formula is C13H17N5O. The zero-order valence-corrected chi connectivity index (χ0v) is 11.1. The minimum absolute atomic E-state index is 0.173. The van der Waals surface area contributed by atoms with Gasteiger partial charge < -0.3 is 10.6 Å². The highest BCUT2D eigenvalue weighted by molar-refractivity contribution is 5.93. The normalized spacial score (nSPS) is 10.2. The predicted octanol–water partition coefficient (Wildman–Crippen LogP) is 0.829. The van der Waals surface area contributed by atoms with Gasteiger partial charge >= 0.3 is 0 Å². The van der Waals surface area contributed by atoms with Crippen molar-refractivity contribution in [2.24, 2.45) is 7.05 Å². The Bertz CT molecular complexity index is 564. The van der Waals surface area contributed by atoms with Crippen LogP contribution in [0.4, 0.5) is 5.69 Å². The van der Waals surface area contributed by atoms with Crippen molar-refractivity contribution in [3.8, 4) is 0 Å². The summed E-state index contributed by atoms with van der Waals surface area (Å²) in [5, 5.41) is 10.1. The molecule has 0 fully saturated rings. The number of amides is 1. The number of hydrogen-bond donors (Lipinski definition) is 2. The van der Waals surface area contributed by atoms with Gasteiger partial charge in [-0.3, -0.25) is 14.5 Å². The zero-order valence-electron chi connectivity index (χ0n) is 11.1. The van der Waals surface area contributed by atoms with Gasteiger partial charge in [-0.15, -0.1) is 0 Å². The lowest BCUT2D eigenvalue weighted by Gasteiger charge is -2.05. The Morgan fingerprint density at radius 3 is 2.95 bits per heavy atom. The first-order valence-corrected chi connectivity index (χ1v) is 6.09. The Kier molecular flexibility index (Phi) is 4.12. The summed E-state index contributed by atoms with van der Waals surface area (Å²) in [5.74, 6) is -0.173. The molecule has 0 bridgehead atoms. The lowest BCUT2D eigenvalue weighted by Crippen LogP contribution is -2.26. The van der Waals surface area contributed by atoms with Gasteiger partial charge in [0.05, 0.1) is 5.69 Å². The lowest BCUT2D eigenvalue weighted by atomic mass is 10.3. The van der Waals surface area contributed by atoms with Gasteiger partial charge in [-0.25, -0.2) is 0 Å². The Morgan fingerprint density at radius 2 is 2.26 bits per heavy atom. The second kappa shape index (κ2) is 5.99. The number of nitrogens with zero attached hydrogens (tertiary/aromatic N) is 3. The van der Waals surface area contributed by atoms with Crippen LogP contribution in [-0.2, 0) is 13.5 Å². The molecule has 0 spiro atoms. The molecule has 0 aliphatic carbocycles. The van der Waals surface area contributed by atoms with Gasteiger partial charge in [0, 0.05) is 45.1 Å². The molecule has 2 aromatic heterocycles. The van der Waals surface area contributed by atoms with Gasteiger partial charge in [0.2, 0.25) is 0 Å². The van der Waals surface area contributed by atoms with Gasteiger partial charge in [-0.05, 0) is 18.2 Å². The molecule has 0 atom stereocenters. The number of nitrogens with one attached hydrogen (secondary N) is 2. The number of rotatable bonds is 5. The molecule has 19 heavy (non-hydrogen) atoms. The Labute approximate surface area is 111 Å². The summed E-state index contributed by atoms with van der Waals surface area (Å²) in [6.07, 6.45) is 4.20. The average molecular weight is 259 g/mol. The summed E-state index contributed by atoms with van der Waals surface area (Å²) in [4.78, 5) is 15.9. The fourth-order valence-corrected chi connectivity index (χ4v) is 1.70. The number of aromatic nitrogens is 3. The van der Waals surface area contributed by atoms with Crippen molar-refractivity contribution in [3.05, 3.63) is 42.0 Å². The minimum atomic E-state index is -0.173. The van der Waals surface area contributed by atoms with Crippen LogP contribution in [0.15, 0.2) is 30.6 Å². The van der Waals surface area contributed by atoms with E-state index in [1.54, 1.807) is 24.0 Å². The highest BCUT2D eigenvalue weighted by Gasteiger charge is 2.07. The maximum absolute atomic E-state index is 11.9. The molecule has 0 aromatic carbocycles. The number of carbonyl (C=O) groups is 1. The topological polar surface area (TPSA) is 71.8 Å². The van der Waals surface area contributed by atoms with E-state index in [2.05, 4.69) is 20.7 Å². The van der Waals surface area contributed by atoms with E-state index >= 15 is 0 Å². The summed E-state index contributed by atoms with van der Waals surface area (Å²) in [7, 11) is 3.67. The molecule has 6 nitrogen and oxygen atoms in total. The molecule has 0 saturated heterocycles. The fraction of sp³-hybridized carbons (Fsp3) is 0.308. The second-order valence-corrected chi connectivity index (χ2v) is 4.17. The first-order valence-electron chi connectivity index (χ1n) is 6.09. The number of carbonyl (C=O) groups excluding carboxylic acids is 1. The molecule has 0 radical (unpaired) electrons. The molecule has 2 N–H and O–H groups in total. The second-order valence-electron chi connectivity index (χ2n) is 4.17. The van der Waals surface area contributed by atoms with E-state index in [0.29, 0.717) is 18.7 Å². The van der Waals surface area contributed by atoms with Crippen LogP contribution >= 0.6 is 0 Å². The van der Waals surface area contributed by atoms with Crippen LogP contribution in [0.1, 0.15) is 16.2 Å². The van der Waals surface area contributed by atoms with Gasteiger partial charge in [-0.2, -0.15) is 5.10 Å². The molecule has 0 aliphatic heterocycles. The van der Waals surface area contributed by atoms with E-state index in [9.17, 15) is 4.79 Å². The summed E-state index contributed by atoms with van der Waals surface area (Å²) < 4.78 is 1.75. The van der Waals surface area contributed by atoms with Gasteiger partial charge in [0.15, 0.2) is 0 Å². The largest absolute Gasteiger partial charge is 0.388 e. The number of aryl methyl sites for hydroxylation is 1. The van der Waals surface area contributed by atoms with E-state index < -0.39 is 0 Å². The molecule has 6 heteroatoms. The zero-order chi connectivity index (χ0) is 13.7. The molecule has 2 rings (SSSR count). The van der Waals surface area contributed by atoms with E-state index in [4.69, 9.17) is 0 Å². The Hall–Kier alpha value is -2.37. The molecule has 100 valence electrons. The van der Waals surface area contributed by atoms with Crippen LogP contribution in [0.3, 0.4) is 0 Å². The summed E-state index contributed by atoms with van der Waals surface area (Å²) in [6, 6.07) is 5.47. The first kappa shape index (κ1) is 13.1. The van der Waals surface area contributed by atoms with E-state index in [1.165, 1.54) is 0 Å². The SMILES string of the molecule is CNc1ccnc(C(=O)NCCc2ccn(C)n2)c1. The van der Waals surface area contributed by atoms with Crippen molar-refractivity contribution >= 4 is 11.6 Å². The molecular weight excluding hydrogens is 242 g/mol. The Morgan fingerprint density at radius 1 is 1.42 bits per heavy atom. The van der Waals surface area contributed by atoms with Crippen molar-refractivity contribution in [2.45, 2.75) is 6.42 Å². The van der Waals surface area contributed by atoms with Crippen molar-refractivity contribution in [1.82, 2.24) is 20.1 Å². The Balaban J connectivity index is 1.87. The summed E-state index contributed by atoms with van der Waals surface area (Å²) in [5.41, 5.74) is 2.23. The molecule has 0 saturated carbocycles. The van der Waals surface area contributed by atoms with Crippen molar-refractivity contribution in [3.63, 3.8) is 0 Å². The van der Waals surface area contributed by atoms with Crippen LogP contribution in [0.25, 0.3) is 0 Å². The average Bonchev–Trinajstić information content (AvgIpc) is 2.84. The third-order valence-corrected chi connectivity index (χ3v) is 2.72. The van der Waals surface area contributed by atoms with E-state index in [1.807, 2.05) is 25.4 Å². The summed E-state index contributed by atoms with van der Waals surface area (Å²) in [6.45, 7) is 0.543. The maximum Gasteiger partial charge on any atom is 0.269 e. The highest BCUT2D eigenvalue weighted by atomic mass is 16.1. The quantitative estimate of drug-likeness (QED) is 0.834. The molecule has 1 amide bonds. The molecule has 2 heterocycles. The van der Waals surface area contributed by atoms with Crippen LogP contribution in [0, 0.1) is 0 Å². The van der Waals surface area contributed by atoms with Crippen molar-refractivity contribution in [2.75, 3.05) is 18.9 Å². The molecule has 0 unspecified atom stereocenters. The van der Waals surface area contributed by atoms with Crippen molar-refractivity contribution in [1.29, 1.82) is 0 Å². The van der Waals surface area contributed by atoms with E-state index in [0.717, 1.165) is 11.4 Å². The predicted molar refractivity (Wildman–Crippen MR) is 73.0 cm³/mol. The van der Waals surface area contributed by atoms with Crippen LogP contribution in [0.5, 0.6) is 0 Å². The standard InChI is InChI=1S/C13H17N5O/c1-14-11-4-6-15-12(9-11)13(19)16-7-3-10-5-8-18(2)17-10/h4-6,8-9H,3,7H2,1-2H3,(H,14,15)(H,16,19). The van der Waals surface area contributed by atoms with Crippen molar-refractivity contribution < 1.29 is 4.79 Å². The number of hydrogen-bond acceptors (Lipinski definition) is 4. The van der Waals surface area contributed by atoms with Crippen LogP contribution in [0.2, 0.25) is 0 Å². The number of anilines is 1. The summed E-state index contributed by atoms with van der Waals surface area (Å²) >= 11 is 0. The van der Waals surface area contributed by atoms with Crippen LogP contribution in [-0.4, -0.2) is 34.3 Å². The lowest BCUT2D eigenvalue weighted by molar-refractivity contribution is 0.0949. The number of pyridine rings is 1. The third-order valence-electron chi connectivity index (χ3n) is 2.72. The van der Waals surface area contributed by atoms with Gasteiger partial charge in [0.25, 0.3) is 5.91 Å². The molecule has 0 aliphatic rings. The smallest absolute Gasteiger partial charge is 0.269 e. The van der Waals surface area contributed by atoms with E-state index in [-0.39, 0.29) is 5.91 Å². The fourth-order valence-electron chi connectivity index (χ4n) is 1.70. The first-order chi connectivity index (χ1) is 9.19. The van der Waals surface area contributed by atoms with Gasteiger partial charge in [-0.1, -0.05) is 0 Å². The third kappa shape index (κ3) is 3.54. The minimum Gasteiger partial charge on any atom is -0.388 e. The maximum atomic E-state index is 11.9. The van der Waals surface area contributed by atoms with Crippen LogP contribution < -0.4 is 10.6 Å². The van der Waals surface area contributed by atoms with Gasteiger partial charge in [0.1, 0.15) is 5.69 Å².